The Morgan fingerprint density at radius 1 is 1.03 bits per heavy atom. The molecule has 192 valence electrons. The molecule has 8 heteroatoms. The molecule has 1 aliphatic carbocycles. The van der Waals surface area contributed by atoms with Crippen molar-refractivity contribution in [1.82, 2.24) is 19.9 Å². The van der Waals surface area contributed by atoms with E-state index in [2.05, 4.69) is 32.3 Å². The summed E-state index contributed by atoms with van der Waals surface area (Å²) in [6.45, 7) is 8.76. The number of hydrogen-bond donors (Lipinski definition) is 2. The number of piperazine rings is 1. The van der Waals surface area contributed by atoms with Crippen LogP contribution in [0.4, 0.5) is 11.6 Å². The third-order valence-corrected chi connectivity index (χ3v) is 7.01. The van der Waals surface area contributed by atoms with Gasteiger partial charge in [0.05, 0.1) is 11.3 Å². The smallest absolute Gasteiger partial charge is 0.216 e. The van der Waals surface area contributed by atoms with Crippen LogP contribution in [-0.2, 0) is 4.74 Å². The number of pyridine rings is 3. The Bertz CT molecular complexity index is 1170. The molecular weight excluding hydrogens is 452 g/mol. The molecule has 0 spiro atoms. The molecule has 8 nitrogen and oxygen atoms in total. The second kappa shape index (κ2) is 10.7. The lowest BCUT2D eigenvalue weighted by Gasteiger charge is -2.39. The maximum atomic E-state index is 10.5. The zero-order valence-electron chi connectivity index (χ0n) is 21.7. The fraction of sp³-hybridized carbons (Fsp3) is 0.536. The first-order valence-electron chi connectivity index (χ1n) is 13.2. The van der Waals surface area contributed by atoms with Crippen molar-refractivity contribution in [3.05, 3.63) is 42.9 Å². The predicted molar refractivity (Wildman–Crippen MR) is 144 cm³/mol. The Kier molecular flexibility index (Phi) is 7.37. The largest absolute Gasteiger partial charge is 0.367 e. The Hall–Kier alpha value is -2.81. The molecule has 1 saturated carbocycles. The minimum atomic E-state index is -0.903. The Labute approximate surface area is 213 Å². The Balaban J connectivity index is 1.38. The van der Waals surface area contributed by atoms with Gasteiger partial charge in [0.25, 0.3) is 0 Å². The maximum absolute atomic E-state index is 10.5. The molecule has 5 rings (SSSR count). The van der Waals surface area contributed by atoms with Crippen molar-refractivity contribution >= 4 is 22.4 Å². The van der Waals surface area contributed by atoms with Crippen molar-refractivity contribution in [2.45, 2.75) is 70.9 Å². The van der Waals surface area contributed by atoms with E-state index in [-0.39, 0.29) is 0 Å². The highest BCUT2D eigenvalue weighted by Gasteiger charge is 2.27. The predicted octanol–water partition coefficient (Wildman–Crippen LogP) is 4.65. The van der Waals surface area contributed by atoms with Crippen molar-refractivity contribution < 1.29 is 9.84 Å². The van der Waals surface area contributed by atoms with E-state index in [0.717, 1.165) is 46.8 Å². The SMILES string of the molecule is CC(C)(C)OC(O)N1CCN(c2nc(-c3ccnc(NC4CCCCC4)c3)cc3cnccc23)CC1. The molecule has 3 aromatic rings. The van der Waals surface area contributed by atoms with Gasteiger partial charge >= 0.3 is 0 Å². The van der Waals surface area contributed by atoms with Crippen molar-refractivity contribution in [3.63, 3.8) is 0 Å². The van der Waals surface area contributed by atoms with Crippen molar-refractivity contribution in [2.75, 3.05) is 36.4 Å². The van der Waals surface area contributed by atoms with Crippen LogP contribution in [0.25, 0.3) is 22.0 Å². The van der Waals surface area contributed by atoms with Gasteiger partial charge in [-0.2, -0.15) is 0 Å². The van der Waals surface area contributed by atoms with E-state index in [0.29, 0.717) is 19.1 Å². The number of hydrogen-bond acceptors (Lipinski definition) is 8. The summed E-state index contributed by atoms with van der Waals surface area (Å²) in [5.74, 6) is 1.87. The van der Waals surface area contributed by atoms with Gasteiger partial charge in [0.2, 0.25) is 6.41 Å². The standard InChI is InChI=1S/C28H38N6O2/c1-28(2,3)36-27(35)34-15-13-33(14-16-34)26-23-10-11-29-19-21(23)17-24(32-26)20-9-12-30-25(18-20)31-22-7-5-4-6-8-22/h9-12,17-19,22,27,35H,4-8,13-16H2,1-3H3,(H,30,31). The van der Waals surface area contributed by atoms with Gasteiger partial charge in [-0.15, -0.1) is 0 Å². The molecule has 0 bridgehead atoms. The van der Waals surface area contributed by atoms with Crippen LogP contribution in [0.2, 0.25) is 0 Å². The van der Waals surface area contributed by atoms with Gasteiger partial charge in [0.15, 0.2) is 0 Å². The van der Waals surface area contributed by atoms with Crippen LogP contribution in [0.5, 0.6) is 0 Å². The molecule has 2 aliphatic rings. The highest BCUT2D eigenvalue weighted by atomic mass is 16.6. The van der Waals surface area contributed by atoms with Gasteiger partial charge in [-0.1, -0.05) is 19.3 Å². The molecule has 4 heterocycles. The van der Waals surface area contributed by atoms with E-state index in [1.807, 2.05) is 56.4 Å². The third-order valence-electron chi connectivity index (χ3n) is 7.01. The average molecular weight is 491 g/mol. The average Bonchev–Trinajstić information content (AvgIpc) is 2.88. The van der Waals surface area contributed by atoms with E-state index >= 15 is 0 Å². The van der Waals surface area contributed by atoms with Crippen LogP contribution in [0.1, 0.15) is 52.9 Å². The number of anilines is 2. The number of fused-ring (bicyclic) bond motifs is 1. The van der Waals surface area contributed by atoms with E-state index in [4.69, 9.17) is 9.72 Å². The highest BCUT2D eigenvalue weighted by molar-refractivity contribution is 5.94. The summed E-state index contributed by atoms with van der Waals surface area (Å²) >= 11 is 0. The highest BCUT2D eigenvalue weighted by Crippen LogP contribution is 2.31. The van der Waals surface area contributed by atoms with Crippen LogP contribution >= 0.6 is 0 Å². The van der Waals surface area contributed by atoms with Crippen molar-refractivity contribution in [1.29, 1.82) is 0 Å². The molecule has 0 aromatic carbocycles. The van der Waals surface area contributed by atoms with Crippen molar-refractivity contribution in [3.8, 4) is 11.3 Å². The summed E-state index contributed by atoms with van der Waals surface area (Å²) in [6.07, 6.45) is 11.0. The van der Waals surface area contributed by atoms with E-state index in [9.17, 15) is 5.11 Å². The second-order valence-electron chi connectivity index (χ2n) is 10.9. The molecule has 0 radical (unpaired) electrons. The summed E-state index contributed by atoms with van der Waals surface area (Å²) in [4.78, 5) is 18.4. The number of nitrogens with zero attached hydrogens (tertiary/aromatic N) is 5. The molecule has 1 unspecified atom stereocenters. The van der Waals surface area contributed by atoms with Gasteiger partial charge in [-0.05, 0) is 57.9 Å². The molecule has 36 heavy (non-hydrogen) atoms. The number of ether oxygens (including phenoxy) is 1. The normalized spacial score (nSPS) is 18.9. The fourth-order valence-electron chi connectivity index (χ4n) is 5.14. The first kappa shape index (κ1) is 24.9. The topological polar surface area (TPSA) is 86.6 Å². The Morgan fingerprint density at radius 2 is 1.81 bits per heavy atom. The van der Waals surface area contributed by atoms with Crippen molar-refractivity contribution in [2.24, 2.45) is 0 Å². The molecule has 1 atom stereocenters. The monoisotopic (exact) mass is 490 g/mol. The molecule has 2 fully saturated rings. The summed E-state index contributed by atoms with van der Waals surface area (Å²) in [5, 5.41) is 16.3. The van der Waals surface area contributed by atoms with Crippen LogP contribution < -0.4 is 10.2 Å². The lowest BCUT2D eigenvalue weighted by atomic mass is 9.95. The molecule has 0 amide bonds. The summed E-state index contributed by atoms with van der Waals surface area (Å²) < 4.78 is 5.76. The zero-order chi connectivity index (χ0) is 25.1. The summed E-state index contributed by atoms with van der Waals surface area (Å²) in [7, 11) is 0. The van der Waals surface area contributed by atoms with Crippen LogP contribution in [0, 0.1) is 0 Å². The van der Waals surface area contributed by atoms with Crippen LogP contribution in [-0.4, -0.2) is 69.2 Å². The molecule has 1 aliphatic heterocycles. The number of aliphatic hydroxyl groups is 1. The quantitative estimate of drug-likeness (QED) is 0.483. The summed E-state index contributed by atoms with van der Waals surface area (Å²) in [6, 6.07) is 8.79. The second-order valence-corrected chi connectivity index (χ2v) is 10.9. The molecule has 2 N–H and O–H groups in total. The minimum Gasteiger partial charge on any atom is -0.367 e. The first-order chi connectivity index (χ1) is 17.4. The molecule has 3 aromatic heterocycles. The van der Waals surface area contributed by atoms with E-state index in [1.54, 1.807) is 0 Å². The van der Waals surface area contributed by atoms with Gasteiger partial charge in [0, 0.05) is 67.1 Å². The van der Waals surface area contributed by atoms with E-state index in [1.165, 1.54) is 32.1 Å². The Morgan fingerprint density at radius 3 is 2.56 bits per heavy atom. The van der Waals surface area contributed by atoms with Gasteiger partial charge in [-0.25, -0.2) is 9.97 Å². The van der Waals surface area contributed by atoms with Gasteiger partial charge in [0.1, 0.15) is 11.6 Å². The molecular formula is C28H38N6O2. The maximum Gasteiger partial charge on any atom is 0.216 e. The summed E-state index contributed by atoms with van der Waals surface area (Å²) in [5.41, 5.74) is 1.56. The van der Waals surface area contributed by atoms with Crippen LogP contribution in [0.3, 0.4) is 0 Å². The van der Waals surface area contributed by atoms with Gasteiger partial charge < -0.3 is 20.1 Å². The first-order valence-corrected chi connectivity index (χ1v) is 13.2. The number of rotatable bonds is 6. The number of aromatic nitrogens is 3. The third kappa shape index (κ3) is 5.94. The van der Waals surface area contributed by atoms with Gasteiger partial charge in [-0.3, -0.25) is 9.88 Å². The van der Waals surface area contributed by atoms with E-state index < -0.39 is 12.0 Å². The lowest BCUT2D eigenvalue weighted by Crippen LogP contribution is -2.52. The fourth-order valence-corrected chi connectivity index (χ4v) is 5.14. The molecule has 1 saturated heterocycles. The van der Waals surface area contributed by atoms with Crippen LogP contribution in [0.15, 0.2) is 42.9 Å². The lowest BCUT2D eigenvalue weighted by molar-refractivity contribution is -0.239. The minimum absolute atomic E-state index is 0.398. The number of nitrogens with one attached hydrogen (secondary N) is 1. The zero-order valence-corrected chi connectivity index (χ0v) is 21.7. The number of aliphatic hydroxyl groups excluding tert-OH is 1.